The largest absolute Gasteiger partial charge is 0.352 e. The van der Waals surface area contributed by atoms with E-state index in [4.69, 9.17) is 0 Å². The van der Waals surface area contributed by atoms with E-state index in [1.165, 1.54) is 0 Å². The Morgan fingerprint density at radius 2 is 1.63 bits per heavy atom. The minimum atomic E-state index is -4.72. The average Bonchev–Trinajstić information content (AvgIpc) is 2.66. The van der Waals surface area contributed by atoms with Crippen molar-refractivity contribution >= 4 is 27.3 Å². The van der Waals surface area contributed by atoms with Gasteiger partial charge in [0.1, 0.15) is 0 Å². The van der Waals surface area contributed by atoms with Crippen LogP contribution in [-0.2, 0) is 9.84 Å². The molecule has 144 valence electrons. The number of carbonyl (C=O) groups excluding carboxylic acids is 2. The molecule has 0 bridgehead atoms. The minimum absolute atomic E-state index is 0.0620. The molecule has 0 heterocycles. The molecule has 0 fully saturated rings. The fraction of sp³-hybridized carbons (Fsp3) is 0.222. The number of nitrogens with one attached hydrogen (secondary N) is 2. The van der Waals surface area contributed by atoms with Gasteiger partial charge in [-0.2, -0.15) is 8.78 Å². The molecule has 2 aromatic carbocycles. The summed E-state index contributed by atoms with van der Waals surface area (Å²) in [6, 6.07) is 10.5. The summed E-state index contributed by atoms with van der Waals surface area (Å²) >= 11 is 0. The maximum atomic E-state index is 12.5. The Balaban J connectivity index is 2.20. The Kier molecular flexibility index (Phi) is 6.62. The highest BCUT2D eigenvalue weighted by molar-refractivity contribution is 7.91. The van der Waals surface area contributed by atoms with Crippen LogP contribution in [0.4, 0.5) is 14.5 Å². The lowest BCUT2D eigenvalue weighted by Crippen LogP contribution is -2.25. The molecule has 0 aliphatic rings. The first-order valence-electron chi connectivity index (χ1n) is 8.08. The molecular weight excluding hydrogens is 378 g/mol. The van der Waals surface area contributed by atoms with E-state index in [0.29, 0.717) is 6.54 Å². The highest BCUT2D eigenvalue weighted by Gasteiger charge is 2.26. The molecule has 0 aliphatic heterocycles. The maximum Gasteiger partial charge on any atom is 0.341 e. The molecule has 27 heavy (non-hydrogen) atoms. The highest BCUT2D eigenvalue weighted by Crippen LogP contribution is 2.20. The number of rotatable bonds is 7. The number of para-hydroxylation sites is 1. The fourth-order valence-corrected chi connectivity index (χ4v) is 2.94. The third-order valence-electron chi connectivity index (χ3n) is 3.64. The van der Waals surface area contributed by atoms with Crippen molar-refractivity contribution in [2.45, 2.75) is 24.0 Å². The molecule has 2 amide bonds. The van der Waals surface area contributed by atoms with Crippen LogP contribution in [0.2, 0.25) is 0 Å². The van der Waals surface area contributed by atoms with E-state index in [9.17, 15) is 26.8 Å². The lowest BCUT2D eigenvalue weighted by atomic mass is 10.1. The van der Waals surface area contributed by atoms with Crippen molar-refractivity contribution < 1.29 is 26.8 Å². The van der Waals surface area contributed by atoms with E-state index in [0.717, 1.165) is 30.7 Å². The molecule has 2 rings (SSSR count). The Hall–Kier alpha value is -2.81. The van der Waals surface area contributed by atoms with Gasteiger partial charge in [0.2, 0.25) is 9.84 Å². The molecule has 0 saturated heterocycles. The van der Waals surface area contributed by atoms with Crippen LogP contribution in [0.1, 0.15) is 34.1 Å². The summed E-state index contributed by atoms with van der Waals surface area (Å²) in [6.45, 7) is 2.40. The zero-order chi connectivity index (χ0) is 20.0. The van der Waals surface area contributed by atoms with E-state index < -0.39 is 26.4 Å². The number of halogens is 2. The van der Waals surface area contributed by atoms with Crippen LogP contribution in [0, 0.1) is 0 Å². The zero-order valence-corrected chi connectivity index (χ0v) is 15.2. The number of anilines is 1. The van der Waals surface area contributed by atoms with Crippen LogP contribution in [0.5, 0.6) is 0 Å². The van der Waals surface area contributed by atoms with Gasteiger partial charge in [-0.1, -0.05) is 19.1 Å². The van der Waals surface area contributed by atoms with E-state index in [1.54, 1.807) is 24.3 Å². The highest BCUT2D eigenvalue weighted by atomic mass is 32.2. The lowest BCUT2D eigenvalue weighted by molar-refractivity contribution is 0.0954. The molecule has 2 N–H and O–H groups in total. The molecule has 9 heteroatoms. The quantitative estimate of drug-likeness (QED) is 0.752. The van der Waals surface area contributed by atoms with E-state index >= 15 is 0 Å². The maximum absolute atomic E-state index is 12.5. The summed E-state index contributed by atoms with van der Waals surface area (Å²) in [5.74, 6) is -4.48. The minimum Gasteiger partial charge on any atom is -0.352 e. The second kappa shape index (κ2) is 8.72. The molecule has 0 unspecified atom stereocenters. The van der Waals surface area contributed by atoms with Crippen molar-refractivity contribution in [2.75, 3.05) is 11.9 Å². The first-order valence-corrected chi connectivity index (χ1v) is 9.62. The van der Waals surface area contributed by atoms with Crippen molar-refractivity contribution in [1.82, 2.24) is 5.32 Å². The van der Waals surface area contributed by atoms with Crippen LogP contribution in [-0.4, -0.2) is 32.5 Å². The van der Waals surface area contributed by atoms with Gasteiger partial charge in [0.25, 0.3) is 11.8 Å². The second-order valence-corrected chi connectivity index (χ2v) is 7.50. The van der Waals surface area contributed by atoms with Crippen LogP contribution in [0.15, 0.2) is 53.4 Å². The Labute approximate surface area is 155 Å². The molecule has 0 atom stereocenters. The number of benzene rings is 2. The third kappa shape index (κ3) is 4.88. The number of alkyl halides is 2. The molecule has 2 aromatic rings. The number of amides is 2. The molecule has 0 aliphatic carbocycles. The van der Waals surface area contributed by atoms with E-state index in [-0.39, 0.29) is 22.7 Å². The first-order chi connectivity index (χ1) is 12.8. The summed E-state index contributed by atoms with van der Waals surface area (Å²) < 4.78 is 47.9. The molecule has 0 saturated carbocycles. The van der Waals surface area contributed by atoms with Gasteiger partial charge in [0, 0.05) is 12.1 Å². The summed E-state index contributed by atoms with van der Waals surface area (Å²) in [6.07, 6.45) is 0.758. The topological polar surface area (TPSA) is 92.3 Å². The summed E-state index contributed by atoms with van der Waals surface area (Å²) in [4.78, 5) is 23.9. The second-order valence-electron chi connectivity index (χ2n) is 5.59. The van der Waals surface area contributed by atoms with Crippen molar-refractivity contribution in [3.05, 3.63) is 59.7 Å². The number of hydrogen-bond acceptors (Lipinski definition) is 4. The Morgan fingerprint density at radius 1 is 1.00 bits per heavy atom. The van der Waals surface area contributed by atoms with Crippen molar-refractivity contribution in [2.24, 2.45) is 0 Å². The Morgan fingerprint density at radius 3 is 2.22 bits per heavy atom. The predicted octanol–water partition coefficient (Wildman–Crippen LogP) is 3.08. The smallest absolute Gasteiger partial charge is 0.341 e. The summed E-state index contributed by atoms with van der Waals surface area (Å²) in [5, 5.41) is 5.28. The van der Waals surface area contributed by atoms with Gasteiger partial charge < -0.3 is 10.6 Å². The number of sulfone groups is 1. The van der Waals surface area contributed by atoms with Crippen LogP contribution >= 0.6 is 0 Å². The van der Waals surface area contributed by atoms with Gasteiger partial charge in [-0.25, -0.2) is 8.42 Å². The van der Waals surface area contributed by atoms with Gasteiger partial charge in [0.05, 0.1) is 16.1 Å². The Bertz CT molecular complexity index is 929. The van der Waals surface area contributed by atoms with Crippen molar-refractivity contribution in [1.29, 1.82) is 0 Å². The van der Waals surface area contributed by atoms with Gasteiger partial charge in [-0.3, -0.25) is 9.59 Å². The van der Waals surface area contributed by atoms with Gasteiger partial charge in [0.15, 0.2) is 0 Å². The summed E-state index contributed by atoms with van der Waals surface area (Å²) in [7, 11) is -4.72. The molecule has 0 spiro atoms. The van der Waals surface area contributed by atoms with Crippen molar-refractivity contribution in [3.63, 3.8) is 0 Å². The monoisotopic (exact) mass is 396 g/mol. The van der Waals surface area contributed by atoms with Crippen LogP contribution < -0.4 is 10.6 Å². The molecule has 0 radical (unpaired) electrons. The zero-order valence-electron chi connectivity index (χ0n) is 14.4. The predicted molar refractivity (Wildman–Crippen MR) is 96.7 cm³/mol. The molecule has 0 aromatic heterocycles. The number of hydrogen-bond donors (Lipinski definition) is 2. The first kappa shape index (κ1) is 20.5. The van der Waals surface area contributed by atoms with Gasteiger partial charge in [-0.15, -0.1) is 0 Å². The van der Waals surface area contributed by atoms with Gasteiger partial charge >= 0.3 is 5.76 Å². The average molecular weight is 396 g/mol. The summed E-state index contributed by atoms with van der Waals surface area (Å²) in [5.41, 5.74) is 0.614. The SMILES string of the molecule is CCCNC(=O)c1ccccc1NC(=O)c1ccc(S(=O)(=O)C(F)F)cc1. The molecular formula is C18H18F2N2O4S. The fourth-order valence-electron chi connectivity index (χ4n) is 2.22. The van der Waals surface area contributed by atoms with Gasteiger partial charge in [-0.05, 0) is 42.8 Å². The van der Waals surface area contributed by atoms with Crippen LogP contribution in [0.3, 0.4) is 0 Å². The third-order valence-corrected chi connectivity index (χ3v) is 5.03. The van der Waals surface area contributed by atoms with E-state index in [1.807, 2.05) is 6.92 Å². The standard InChI is InChI=1S/C18H18F2N2O4S/c1-2-11-21-17(24)14-5-3-4-6-15(14)22-16(23)12-7-9-13(10-8-12)27(25,26)18(19)20/h3-10,18H,2,11H2,1H3,(H,21,24)(H,22,23). The number of carbonyl (C=O) groups is 2. The van der Waals surface area contributed by atoms with Crippen LogP contribution in [0.25, 0.3) is 0 Å². The van der Waals surface area contributed by atoms with E-state index in [2.05, 4.69) is 10.6 Å². The lowest BCUT2D eigenvalue weighted by Gasteiger charge is -2.11. The molecule has 6 nitrogen and oxygen atoms in total. The normalized spacial score (nSPS) is 11.3. The van der Waals surface area contributed by atoms with Crippen molar-refractivity contribution in [3.8, 4) is 0 Å².